The summed E-state index contributed by atoms with van der Waals surface area (Å²) in [7, 11) is 1.23. The minimum Gasteiger partial charge on any atom is -0.466 e. The molecule has 0 saturated carbocycles. The van der Waals surface area contributed by atoms with Gasteiger partial charge < -0.3 is 14.8 Å². The second-order valence-corrected chi connectivity index (χ2v) is 7.78. The molecule has 1 aliphatic rings. The number of rotatable bonds is 5. The summed E-state index contributed by atoms with van der Waals surface area (Å²) in [6.07, 6.45) is 0. The lowest BCUT2D eigenvalue weighted by atomic mass is 9.80. The first kappa shape index (κ1) is 22.8. The van der Waals surface area contributed by atoms with Crippen molar-refractivity contribution in [1.82, 2.24) is 5.32 Å². The van der Waals surface area contributed by atoms with Crippen LogP contribution in [-0.2, 0) is 19.1 Å². The number of allylic oxidation sites excluding steroid dienone is 2. The summed E-state index contributed by atoms with van der Waals surface area (Å²) >= 11 is 1.47. The van der Waals surface area contributed by atoms with Crippen molar-refractivity contribution in [2.24, 2.45) is 0 Å². The van der Waals surface area contributed by atoms with Gasteiger partial charge in [0.05, 0.1) is 34.0 Å². The molecular formula is C23H20N2O6S. The van der Waals surface area contributed by atoms with Crippen LogP contribution >= 0.6 is 11.3 Å². The fraction of sp³-hybridized carbons (Fsp3) is 0.217. The molecule has 1 aromatic heterocycles. The molecule has 1 aromatic carbocycles. The first-order valence-corrected chi connectivity index (χ1v) is 10.4. The lowest BCUT2D eigenvalue weighted by molar-refractivity contribution is -0.384. The Morgan fingerprint density at radius 1 is 1.16 bits per heavy atom. The normalized spacial score (nSPS) is 15.4. The zero-order valence-corrected chi connectivity index (χ0v) is 18.4. The van der Waals surface area contributed by atoms with Crippen LogP contribution in [0.1, 0.15) is 30.2 Å². The average Bonchev–Trinajstić information content (AvgIpc) is 3.29. The van der Waals surface area contributed by atoms with Crippen LogP contribution in [0.4, 0.5) is 5.69 Å². The molecule has 0 radical (unpaired) electrons. The lowest BCUT2D eigenvalue weighted by Gasteiger charge is -2.30. The fourth-order valence-corrected chi connectivity index (χ4v) is 4.04. The monoisotopic (exact) mass is 452 g/mol. The zero-order chi connectivity index (χ0) is 23.3. The highest BCUT2D eigenvalue weighted by molar-refractivity contribution is 7.10. The predicted octanol–water partition coefficient (Wildman–Crippen LogP) is 3.66. The number of carbonyl (C=O) groups excluding carboxylic acids is 2. The number of non-ortho nitro benzene ring substituents is 1. The van der Waals surface area contributed by atoms with Crippen LogP contribution in [0.3, 0.4) is 0 Å². The molecule has 0 aliphatic carbocycles. The first-order chi connectivity index (χ1) is 15.3. The molecule has 2 heterocycles. The molecule has 8 nitrogen and oxygen atoms in total. The van der Waals surface area contributed by atoms with Crippen LogP contribution in [0.15, 0.2) is 64.3 Å². The van der Waals surface area contributed by atoms with Crippen molar-refractivity contribution >= 4 is 29.0 Å². The van der Waals surface area contributed by atoms with E-state index in [1.807, 2.05) is 17.5 Å². The highest BCUT2D eigenvalue weighted by Gasteiger charge is 2.38. The molecule has 1 unspecified atom stereocenters. The van der Waals surface area contributed by atoms with Gasteiger partial charge in [-0.2, -0.15) is 0 Å². The van der Waals surface area contributed by atoms with Gasteiger partial charge >= 0.3 is 11.9 Å². The van der Waals surface area contributed by atoms with Crippen molar-refractivity contribution < 1.29 is 24.0 Å². The molecule has 0 amide bonds. The molecule has 32 heavy (non-hydrogen) atoms. The largest absolute Gasteiger partial charge is 0.466 e. The maximum atomic E-state index is 13.0. The second-order valence-electron chi connectivity index (χ2n) is 6.83. The Bertz CT molecular complexity index is 1180. The van der Waals surface area contributed by atoms with Gasteiger partial charge in [0.15, 0.2) is 6.61 Å². The SMILES string of the molecule is COC(=O)C1=C(C)NC(C)=C(C(=O)OCC#Cc2cccs2)C1c1cccc([N+](=O)[O-])c1. The summed E-state index contributed by atoms with van der Waals surface area (Å²) in [6.45, 7) is 3.20. The van der Waals surface area contributed by atoms with Crippen molar-refractivity contribution in [2.75, 3.05) is 13.7 Å². The molecule has 1 atom stereocenters. The molecule has 9 heteroatoms. The van der Waals surface area contributed by atoms with Crippen LogP contribution < -0.4 is 5.32 Å². The number of thiophene rings is 1. The first-order valence-electron chi connectivity index (χ1n) is 9.54. The quantitative estimate of drug-likeness (QED) is 0.319. The van der Waals surface area contributed by atoms with Gasteiger partial charge in [-0.3, -0.25) is 10.1 Å². The molecule has 0 bridgehead atoms. The molecule has 1 aliphatic heterocycles. The maximum absolute atomic E-state index is 13.0. The van der Waals surface area contributed by atoms with Crippen LogP contribution in [0, 0.1) is 22.0 Å². The number of dihydropyridines is 1. The smallest absolute Gasteiger partial charge is 0.337 e. The van der Waals surface area contributed by atoms with E-state index < -0.39 is 22.8 Å². The topological polar surface area (TPSA) is 108 Å². The van der Waals surface area contributed by atoms with Gasteiger partial charge in [0.1, 0.15) is 0 Å². The Balaban J connectivity index is 1.98. The van der Waals surface area contributed by atoms with Crippen LogP contribution in [0.2, 0.25) is 0 Å². The van der Waals surface area contributed by atoms with E-state index in [9.17, 15) is 19.7 Å². The number of nitrogens with zero attached hydrogens (tertiary/aromatic N) is 1. The number of carbonyl (C=O) groups is 2. The van der Waals surface area contributed by atoms with Crippen LogP contribution in [-0.4, -0.2) is 30.6 Å². The molecule has 0 saturated heterocycles. The molecule has 1 N–H and O–H groups in total. The van der Waals surface area contributed by atoms with Crippen molar-refractivity contribution in [2.45, 2.75) is 19.8 Å². The number of methoxy groups -OCH3 is 1. The Labute approximate surface area is 188 Å². The summed E-state index contributed by atoms with van der Waals surface area (Å²) < 4.78 is 10.3. The number of hydrogen-bond donors (Lipinski definition) is 1. The molecule has 2 aromatic rings. The Morgan fingerprint density at radius 2 is 1.88 bits per heavy atom. The molecule has 0 fully saturated rings. The molecular weight excluding hydrogens is 432 g/mol. The minimum absolute atomic E-state index is 0.147. The molecule has 164 valence electrons. The van der Waals surface area contributed by atoms with Gasteiger partial charge in [-0.25, -0.2) is 9.59 Å². The summed E-state index contributed by atoms with van der Waals surface area (Å²) in [5.74, 6) is 3.46. The van der Waals surface area contributed by atoms with Crippen molar-refractivity contribution in [3.05, 3.63) is 84.9 Å². The summed E-state index contributed by atoms with van der Waals surface area (Å²) in [5.41, 5.74) is 1.54. The summed E-state index contributed by atoms with van der Waals surface area (Å²) in [4.78, 5) is 37.2. The fourth-order valence-electron chi connectivity index (χ4n) is 3.45. The number of benzene rings is 1. The highest BCUT2D eigenvalue weighted by Crippen LogP contribution is 2.40. The van der Waals surface area contributed by atoms with E-state index >= 15 is 0 Å². The van der Waals surface area contributed by atoms with Gasteiger partial charge in [0.25, 0.3) is 5.69 Å². The van der Waals surface area contributed by atoms with Gasteiger partial charge in [-0.05, 0) is 30.9 Å². The predicted molar refractivity (Wildman–Crippen MR) is 119 cm³/mol. The van der Waals surface area contributed by atoms with Gasteiger partial charge in [-0.15, -0.1) is 11.3 Å². The van der Waals surface area contributed by atoms with E-state index in [0.717, 1.165) is 4.88 Å². The Kier molecular flexibility index (Phi) is 7.07. The zero-order valence-electron chi connectivity index (χ0n) is 17.6. The van der Waals surface area contributed by atoms with E-state index in [1.54, 1.807) is 19.9 Å². The number of nitro groups is 1. The van der Waals surface area contributed by atoms with E-state index in [-0.39, 0.29) is 23.4 Å². The third-order valence-electron chi connectivity index (χ3n) is 4.81. The second kappa shape index (κ2) is 9.94. The highest BCUT2D eigenvalue weighted by atomic mass is 32.1. The average molecular weight is 452 g/mol. The number of hydrogen-bond acceptors (Lipinski definition) is 8. The lowest BCUT2D eigenvalue weighted by Crippen LogP contribution is -2.32. The molecule has 0 spiro atoms. The third-order valence-corrected chi connectivity index (χ3v) is 5.59. The van der Waals surface area contributed by atoms with Gasteiger partial charge in [0, 0.05) is 23.5 Å². The number of ether oxygens (including phenoxy) is 2. The minimum atomic E-state index is -0.902. The van der Waals surface area contributed by atoms with E-state index in [1.165, 1.54) is 36.6 Å². The third kappa shape index (κ3) is 4.87. The Hall–Kier alpha value is -3.90. The van der Waals surface area contributed by atoms with E-state index in [4.69, 9.17) is 9.47 Å². The number of esters is 2. The van der Waals surface area contributed by atoms with Crippen molar-refractivity contribution in [1.29, 1.82) is 0 Å². The number of nitrogens with one attached hydrogen (secondary N) is 1. The van der Waals surface area contributed by atoms with Crippen molar-refractivity contribution in [3.8, 4) is 11.8 Å². The summed E-state index contributed by atoms with van der Waals surface area (Å²) in [5, 5.41) is 16.2. The van der Waals surface area contributed by atoms with Crippen molar-refractivity contribution in [3.63, 3.8) is 0 Å². The van der Waals surface area contributed by atoms with Gasteiger partial charge in [-0.1, -0.05) is 30.0 Å². The van der Waals surface area contributed by atoms with Crippen LogP contribution in [0.25, 0.3) is 0 Å². The maximum Gasteiger partial charge on any atom is 0.337 e. The Morgan fingerprint density at radius 3 is 2.50 bits per heavy atom. The van der Waals surface area contributed by atoms with Gasteiger partial charge in [0.2, 0.25) is 0 Å². The summed E-state index contributed by atoms with van der Waals surface area (Å²) in [6, 6.07) is 9.53. The van der Waals surface area contributed by atoms with Crippen LogP contribution in [0.5, 0.6) is 0 Å². The van der Waals surface area contributed by atoms with E-state index in [0.29, 0.717) is 17.0 Å². The standard InChI is InChI=1S/C23H20N2O6S/c1-14-19(22(26)30-3)21(16-7-4-8-17(13-16)25(28)29)20(15(2)24-14)23(27)31-11-5-9-18-10-6-12-32-18/h4,6-8,10,12-13,21,24H,11H2,1-3H3. The molecule has 3 rings (SSSR count). The van der Waals surface area contributed by atoms with E-state index in [2.05, 4.69) is 17.2 Å². The number of nitro benzene ring substituents is 1.